The highest BCUT2D eigenvalue weighted by Gasteiger charge is 2.35. The summed E-state index contributed by atoms with van der Waals surface area (Å²) < 4.78 is 5.59. The van der Waals surface area contributed by atoms with E-state index in [0.29, 0.717) is 18.9 Å². The van der Waals surface area contributed by atoms with Crippen molar-refractivity contribution in [1.29, 1.82) is 0 Å². The van der Waals surface area contributed by atoms with Crippen LogP contribution in [-0.2, 0) is 16.0 Å². The molecule has 28 heavy (non-hydrogen) atoms. The molecule has 0 radical (unpaired) electrons. The fourth-order valence-corrected chi connectivity index (χ4v) is 4.18. The van der Waals surface area contributed by atoms with E-state index in [4.69, 9.17) is 4.42 Å². The van der Waals surface area contributed by atoms with E-state index in [2.05, 4.69) is 15.5 Å². The first-order chi connectivity index (χ1) is 13.6. The number of hydrogen-bond donors (Lipinski definition) is 1. The van der Waals surface area contributed by atoms with Crippen LogP contribution in [0.3, 0.4) is 0 Å². The van der Waals surface area contributed by atoms with Gasteiger partial charge in [0, 0.05) is 28.4 Å². The molecule has 2 aromatic heterocycles. The second kappa shape index (κ2) is 8.15. The van der Waals surface area contributed by atoms with E-state index in [1.165, 1.54) is 11.3 Å². The molecule has 0 saturated carbocycles. The molecule has 1 aromatic carbocycles. The van der Waals surface area contributed by atoms with Crippen molar-refractivity contribution in [2.45, 2.75) is 23.7 Å². The Morgan fingerprint density at radius 3 is 2.86 bits per heavy atom. The van der Waals surface area contributed by atoms with Crippen LogP contribution in [0.1, 0.15) is 23.1 Å². The van der Waals surface area contributed by atoms with Gasteiger partial charge in [-0.15, -0.1) is 28.2 Å². The molecule has 2 amide bonds. The van der Waals surface area contributed by atoms with Crippen molar-refractivity contribution in [3.63, 3.8) is 0 Å². The highest BCUT2D eigenvalue weighted by Crippen LogP contribution is 2.32. The largest absolute Gasteiger partial charge is 0.407 e. The van der Waals surface area contributed by atoms with Gasteiger partial charge in [0.05, 0.1) is 12.3 Å². The Morgan fingerprint density at radius 2 is 2.14 bits per heavy atom. The van der Waals surface area contributed by atoms with Crippen molar-refractivity contribution >= 4 is 46.6 Å². The molecule has 0 unspecified atom stereocenters. The number of carbonyl (C=O) groups excluding carboxylic acids is 2. The molecule has 1 N–H and O–H groups in total. The number of anilines is 2. The number of thioether (sulfide) groups is 1. The van der Waals surface area contributed by atoms with E-state index in [1.54, 1.807) is 16.7 Å². The minimum atomic E-state index is -0.212. The van der Waals surface area contributed by atoms with Gasteiger partial charge in [-0.05, 0) is 42.0 Å². The summed E-state index contributed by atoms with van der Waals surface area (Å²) in [6.45, 7) is 0.474. The number of amides is 2. The molecule has 3 aromatic rings. The maximum absolute atomic E-state index is 12.4. The van der Waals surface area contributed by atoms with Crippen molar-refractivity contribution in [1.82, 2.24) is 10.2 Å². The van der Waals surface area contributed by atoms with Gasteiger partial charge in [0.15, 0.2) is 0 Å². The average Bonchev–Trinajstić information content (AvgIpc) is 3.43. The molecule has 1 aliphatic heterocycles. The Bertz CT molecular complexity index is 969. The van der Waals surface area contributed by atoms with Crippen LogP contribution in [0, 0.1) is 0 Å². The SMILES string of the molecule is CSc1ccc(N2C[C@@H](c3nnc(NC(=O)Cc4cccs4)o3)CC2=O)cc1. The Kier molecular flexibility index (Phi) is 5.45. The van der Waals surface area contributed by atoms with E-state index < -0.39 is 0 Å². The molecular weight excluding hydrogens is 396 g/mol. The van der Waals surface area contributed by atoms with Gasteiger partial charge in [0.2, 0.25) is 17.7 Å². The average molecular weight is 415 g/mol. The first-order valence-corrected chi connectivity index (χ1v) is 10.8. The van der Waals surface area contributed by atoms with Crippen LogP contribution in [0.25, 0.3) is 0 Å². The van der Waals surface area contributed by atoms with Crippen molar-refractivity contribution in [3.05, 3.63) is 52.5 Å². The summed E-state index contributed by atoms with van der Waals surface area (Å²) in [4.78, 5) is 28.3. The fraction of sp³-hybridized carbons (Fsp3) is 0.263. The van der Waals surface area contributed by atoms with Crippen LogP contribution in [0.15, 0.2) is 51.1 Å². The minimum absolute atomic E-state index is 0.0170. The van der Waals surface area contributed by atoms with Gasteiger partial charge in [-0.25, -0.2) is 0 Å². The summed E-state index contributed by atoms with van der Waals surface area (Å²) in [5.74, 6) is -0.0229. The number of benzene rings is 1. The Morgan fingerprint density at radius 1 is 1.32 bits per heavy atom. The quantitative estimate of drug-likeness (QED) is 0.621. The third-order valence-corrected chi connectivity index (χ3v) is 6.08. The van der Waals surface area contributed by atoms with Crippen molar-refractivity contribution < 1.29 is 14.0 Å². The molecule has 1 fully saturated rings. The molecule has 1 atom stereocenters. The maximum atomic E-state index is 12.4. The summed E-state index contributed by atoms with van der Waals surface area (Å²) in [5, 5.41) is 12.5. The van der Waals surface area contributed by atoms with E-state index in [-0.39, 0.29) is 30.2 Å². The van der Waals surface area contributed by atoms with Crippen LogP contribution >= 0.6 is 23.1 Å². The number of rotatable bonds is 6. The summed E-state index contributed by atoms with van der Waals surface area (Å²) in [7, 11) is 0. The first-order valence-electron chi connectivity index (χ1n) is 8.72. The molecule has 1 aliphatic rings. The molecule has 1 saturated heterocycles. The molecular formula is C19H18N4O3S2. The lowest BCUT2D eigenvalue weighted by molar-refractivity contribution is -0.117. The van der Waals surface area contributed by atoms with Crippen LogP contribution in [0.5, 0.6) is 0 Å². The zero-order valence-electron chi connectivity index (χ0n) is 15.1. The molecule has 3 heterocycles. The lowest BCUT2D eigenvalue weighted by Gasteiger charge is -2.16. The van der Waals surface area contributed by atoms with Crippen molar-refractivity contribution in [2.24, 2.45) is 0 Å². The highest BCUT2D eigenvalue weighted by atomic mass is 32.2. The highest BCUT2D eigenvalue weighted by molar-refractivity contribution is 7.98. The van der Waals surface area contributed by atoms with Crippen LogP contribution in [-0.4, -0.2) is 34.8 Å². The molecule has 9 heteroatoms. The fourth-order valence-electron chi connectivity index (χ4n) is 3.07. The maximum Gasteiger partial charge on any atom is 0.322 e. The minimum Gasteiger partial charge on any atom is -0.407 e. The lowest BCUT2D eigenvalue weighted by atomic mass is 10.1. The molecule has 0 bridgehead atoms. The number of nitrogens with one attached hydrogen (secondary N) is 1. The standard InChI is InChI=1S/C19H18N4O3S2/c1-27-14-6-4-13(5-7-14)23-11-12(9-17(23)25)18-21-22-19(26-18)20-16(24)10-15-3-2-8-28-15/h2-8,12H,9-11H2,1H3,(H,20,22,24)/t12-/m0/s1. The topological polar surface area (TPSA) is 88.3 Å². The number of carbonyl (C=O) groups is 2. The Balaban J connectivity index is 1.39. The molecule has 4 rings (SSSR count). The zero-order chi connectivity index (χ0) is 19.5. The summed E-state index contributed by atoms with van der Waals surface area (Å²) in [5.41, 5.74) is 0.856. The van der Waals surface area contributed by atoms with Gasteiger partial charge in [-0.3, -0.25) is 14.9 Å². The second-order valence-corrected chi connectivity index (χ2v) is 8.27. The van der Waals surface area contributed by atoms with Gasteiger partial charge in [0.1, 0.15) is 0 Å². The Labute approximate surface area is 170 Å². The number of aromatic nitrogens is 2. The number of nitrogens with zero attached hydrogens (tertiary/aromatic N) is 3. The predicted octanol–water partition coefficient (Wildman–Crippen LogP) is 3.55. The van der Waals surface area contributed by atoms with Crippen LogP contribution in [0.4, 0.5) is 11.7 Å². The van der Waals surface area contributed by atoms with Gasteiger partial charge >= 0.3 is 6.01 Å². The van der Waals surface area contributed by atoms with E-state index in [9.17, 15) is 9.59 Å². The van der Waals surface area contributed by atoms with E-state index in [1.807, 2.05) is 48.0 Å². The summed E-state index contributed by atoms with van der Waals surface area (Å²) in [6, 6.07) is 11.7. The number of thiophene rings is 1. The zero-order valence-corrected chi connectivity index (χ0v) is 16.8. The lowest BCUT2D eigenvalue weighted by Crippen LogP contribution is -2.24. The van der Waals surface area contributed by atoms with Crippen LogP contribution in [0.2, 0.25) is 0 Å². The van der Waals surface area contributed by atoms with Crippen molar-refractivity contribution in [3.8, 4) is 0 Å². The molecule has 0 spiro atoms. The van der Waals surface area contributed by atoms with Crippen LogP contribution < -0.4 is 10.2 Å². The third kappa shape index (κ3) is 4.10. The Hall–Kier alpha value is -2.65. The molecule has 7 nitrogen and oxygen atoms in total. The third-order valence-electron chi connectivity index (χ3n) is 4.46. The van der Waals surface area contributed by atoms with Crippen molar-refractivity contribution in [2.75, 3.05) is 23.0 Å². The number of hydrogen-bond acceptors (Lipinski definition) is 7. The first kappa shape index (κ1) is 18.7. The van der Waals surface area contributed by atoms with Gasteiger partial charge in [0.25, 0.3) is 0 Å². The van der Waals surface area contributed by atoms with Gasteiger partial charge in [-0.2, -0.15) is 0 Å². The van der Waals surface area contributed by atoms with E-state index >= 15 is 0 Å². The normalized spacial score (nSPS) is 16.5. The summed E-state index contributed by atoms with van der Waals surface area (Å²) in [6.07, 6.45) is 2.57. The van der Waals surface area contributed by atoms with Gasteiger partial charge < -0.3 is 9.32 Å². The second-order valence-electron chi connectivity index (χ2n) is 6.35. The smallest absolute Gasteiger partial charge is 0.322 e. The molecule has 0 aliphatic carbocycles. The molecule has 144 valence electrons. The monoisotopic (exact) mass is 414 g/mol. The summed E-state index contributed by atoms with van der Waals surface area (Å²) >= 11 is 3.17. The van der Waals surface area contributed by atoms with E-state index in [0.717, 1.165) is 15.5 Å². The predicted molar refractivity (Wildman–Crippen MR) is 109 cm³/mol. The van der Waals surface area contributed by atoms with Gasteiger partial charge in [-0.1, -0.05) is 11.2 Å².